The number of hydrogen-bond acceptors (Lipinski definition) is 2. The van der Waals surface area contributed by atoms with Gasteiger partial charge in [0.1, 0.15) is 40.9 Å². The molecular weight excluding hydrogens is 1120 g/mol. The standard InChI is InChI=1S/C25H24P2.2C14H7O.2Au/c1-2-3-4-14-21-26(23-15-8-5-9-16-23)22-27(24-17-10-6-11-18-24)25-19-12-7-13-20-25;2*1-2-10-7-8-14-12(9-10)11-5-3-4-6-13(11)15-14;;/h2-21H,1,22H2;2*3-9H;;/q;2*-1;2*+1/p+2/b4-3-,21-14+;;;;. The van der Waals surface area contributed by atoms with E-state index in [4.69, 9.17) is 21.7 Å². The average molecular weight is 1160 g/mol. The second-order valence-corrected chi connectivity index (χ2v) is 18.6. The van der Waals surface area contributed by atoms with Gasteiger partial charge in [-0.25, -0.2) is 0 Å². The van der Waals surface area contributed by atoms with Gasteiger partial charge in [0.15, 0.2) is 5.90 Å². The molecule has 0 aliphatic rings. The van der Waals surface area contributed by atoms with Crippen molar-refractivity contribution < 1.29 is 53.6 Å². The summed E-state index contributed by atoms with van der Waals surface area (Å²) in [6.45, 7) is 3.76. The van der Waals surface area contributed by atoms with Crippen LogP contribution in [-0.2, 0) is 44.8 Å². The van der Waals surface area contributed by atoms with E-state index in [1.807, 2.05) is 97.1 Å². The van der Waals surface area contributed by atoms with Gasteiger partial charge in [-0.3, -0.25) is 11.8 Å². The molecule has 59 heavy (non-hydrogen) atoms. The van der Waals surface area contributed by atoms with Crippen LogP contribution in [0.1, 0.15) is 11.1 Å². The summed E-state index contributed by atoms with van der Waals surface area (Å²) >= 11 is 0. The van der Waals surface area contributed by atoms with Crippen LogP contribution in [0.15, 0.2) is 221 Å². The normalized spacial score (nSPS) is 11.2. The zero-order chi connectivity index (χ0) is 39.2. The quantitative estimate of drug-likeness (QED) is 0.0498. The Morgan fingerprint density at radius 2 is 0.864 bits per heavy atom. The zero-order valence-corrected chi connectivity index (χ0v) is 38.3. The van der Waals surface area contributed by atoms with Crippen molar-refractivity contribution in [2.75, 3.05) is 5.90 Å². The predicted molar refractivity (Wildman–Crippen MR) is 248 cm³/mol. The molecule has 0 spiro atoms. The van der Waals surface area contributed by atoms with Gasteiger partial charge in [-0.15, -0.1) is 35.4 Å². The van der Waals surface area contributed by atoms with E-state index in [0.29, 0.717) is 0 Å². The van der Waals surface area contributed by atoms with Gasteiger partial charge in [-0.05, 0) is 66.7 Å². The molecule has 1 atom stereocenters. The summed E-state index contributed by atoms with van der Waals surface area (Å²) in [5, 5.41) is 8.71. The molecule has 6 heteroatoms. The number of hydrogen-bond donors (Lipinski definition) is 0. The number of furan rings is 2. The molecule has 0 saturated carbocycles. The molecule has 0 saturated heterocycles. The monoisotopic (exact) mass is 1160 g/mol. The van der Waals surface area contributed by atoms with Crippen LogP contribution in [-0.4, -0.2) is 5.90 Å². The smallest absolute Gasteiger partial charge is 0.456 e. The maximum atomic E-state index is 7.10. The van der Waals surface area contributed by atoms with Gasteiger partial charge in [0.05, 0.1) is 19.0 Å². The third-order valence-electron chi connectivity index (χ3n) is 9.45. The maximum absolute atomic E-state index is 7.10. The van der Waals surface area contributed by atoms with Gasteiger partial charge < -0.3 is 21.7 Å². The molecule has 0 fully saturated rings. The van der Waals surface area contributed by atoms with Gasteiger partial charge in [0.2, 0.25) is 0 Å². The fourth-order valence-electron chi connectivity index (χ4n) is 6.67. The average Bonchev–Trinajstić information content (AvgIpc) is 3.85. The van der Waals surface area contributed by atoms with E-state index < -0.39 is 15.8 Å². The van der Waals surface area contributed by atoms with Gasteiger partial charge >= 0.3 is 44.8 Å². The first-order chi connectivity index (χ1) is 28.1. The topological polar surface area (TPSA) is 26.3 Å². The second-order valence-electron chi connectivity index (χ2n) is 13.1. The molecule has 7 aromatic carbocycles. The van der Waals surface area contributed by atoms with E-state index in [-0.39, 0.29) is 44.8 Å². The molecule has 0 amide bonds. The van der Waals surface area contributed by atoms with E-state index in [2.05, 4.69) is 127 Å². The first kappa shape index (κ1) is 44.9. The molecule has 0 aliphatic carbocycles. The van der Waals surface area contributed by atoms with Crippen molar-refractivity contribution in [1.82, 2.24) is 0 Å². The molecule has 0 aliphatic heterocycles. The van der Waals surface area contributed by atoms with Crippen molar-refractivity contribution in [2.24, 2.45) is 0 Å². The molecule has 0 N–H and O–H groups in total. The van der Waals surface area contributed by atoms with Crippen LogP contribution < -0.4 is 15.9 Å². The molecule has 2 nitrogen and oxygen atoms in total. The van der Waals surface area contributed by atoms with Crippen LogP contribution in [0.3, 0.4) is 0 Å². The van der Waals surface area contributed by atoms with E-state index in [0.717, 1.165) is 55.0 Å². The van der Waals surface area contributed by atoms with Crippen LogP contribution in [0.2, 0.25) is 0 Å². The molecule has 2 heterocycles. The van der Waals surface area contributed by atoms with Crippen molar-refractivity contribution in [3.8, 4) is 11.8 Å². The van der Waals surface area contributed by atoms with Crippen LogP contribution in [0.4, 0.5) is 0 Å². The van der Waals surface area contributed by atoms with E-state index >= 15 is 0 Å². The third kappa shape index (κ3) is 11.5. The van der Waals surface area contributed by atoms with Crippen LogP contribution in [0.25, 0.3) is 43.9 Å². The van der Waals surface area contributed by atoms with E-state index in [9.17, 15) is 0 Å². The molecule has 0 radical (unpaired) electrons. The van der Waals surface area contributed by atoms with E-state index in [1.165, 1.54) is 21.8 Å². The Hall–Kier alpha value is -5.18. The fraction of sp³-hybridized carbons (Fsp3) is 0.0189. The van der Waals surface area contributed by atoms with Gasteiger partial charge in [-0.2, -0.15) is 0 Å². The summed E-state index contributed by atoms with van der Waals surface area (Å²) in [6, 6.07) is 60.2. The van der Waals surface area contributed by atoms with Crippen LogP contribution in [0, 0.1) is 24.7 Å². The zero-order valence-electron chi connectivity index (χ0n) is 32.0. The maximum Gasteiger partial charge on any atom is 1.00 e. The summed E-state index contributed by atoms with van der Waals surface area (Å²) in [5.41, 5.74) is 5.03. The number of para-hydroxylation sites is 2. The molecular formula is C53H40Au2O2P2+2. The molecule has 2 aromatic heterocycles. The Morgan fingerprint density at radius 1 is 0.458 bits per heavy atom. The minimum atomic E-state index is -0.838. The minimum Gasteiger partial charge on any atom is -0.456 e. The van der Waals surface area contributed by atoms with Gasteiger partial charge in [-0.1, -0.05) is 116 Å². The number of rotatable bonds is 8. The Morgan fingerprint density at radius 3 is 1.31 bits per heavy atom. The van der Waals surface area contributed by atoms with Gasteiger partial charge in [0.25, 0.3) is 0 Å². The minimum absolute atomic E-state index is 0. The van der Waals surface area contributed by atoms with Crippen molar-refractivity contribution in [2.45, 2.75) is 0 Å². The van der Waals surface area contributed by atoms with Crippen molar-refractivity contribution in [3.05, 3.63) is 237 Å². The summed E-state index contributed by atoms with van der Waals surface area (Å²) < 4.78 is 11.3. The van der Waals surface area contributed by atoms with E-state index in [1.54, 1.807) is 0 Å². The number of benzene rings is 7. The largest absolute Gasteiger partial charge is 1.00 e. The Kier molecular flexibility index (Phi) is 17.4. The Balaban J connectivity index is 0.000000176. The first-order valence-corrected chi connectivity index (χ1v) is 22.2. The molecule has 9 aromatic rings. The first-order valence-electron chi connectivity index (χ1n) is 18.7. The molecule has 9 rings (SSSR count). The number of fused-ring (bicyclic) bond motifs is 6. The number of allylic oxidation sites excluding steroid dienone is 4. The Labute approximate surface area is 380 Å². The van der Waals surface area contributed by atoms with Crippen molar-refractivity contribution in [3.63, 3.8) is 0 Å². The Bertz CT molecular complexity index is 2720. The summed E-state index contributed by atoms with van der Waals surface area (Å²) in [5.74, 6) is 8.42. The molecule has 294 valence electrons. The van der Waals surface area contributed by atoms with Crippen LogP contribution in [0.5, 0.6) is 0 Å². The second kappa shape index (κ2) is 22.8. The summed E-state index contributed by atoms with van der Waals surface area (Å²) in [7, 11) is -1.65. The molecule has 1 unspecified atom stereocenters. The SMILES string of the molecule is C=C/C=C\C=C\[PH+](C[PH+](c1ccccc1)c1ccccc1)c1ccccc1.[Au+].[Au+].[C-]#Cc1ccc2oc3ccccc3c2c1.[C-]#Cc1ccc2oc3ccccc3c2c1. The van der Waals surface area contributed by atoms with Crippen LogP contribution >= 0.6 is 15.8 Å². The third-order valence-corrected chi connectivity index (χ3v) is 16.1. The van der Waals surface area contributed by atoms with Crippen molar-refractivity contribution >= 4 is 75.6 Å². The summed E-state index contributed by atoms with van der Waals surface area (Å²) in [4.78, 5) is 0. The predicted octanol–water partition coefficient (Wildman–Crippen LogP) is 12.6. The van der Waals surface area contributed by atoms with Crippen molar-refractivity contribution in [1.29, 1.82) is 0 Å². The fourth-order valence-corrected chi connectivity index (χ4v) is 13.8. The molecule has 0 bridgehead atoms. The van der Waals surface area contributed by atoms with Gasteiger partial charge in [0, 0.05) is 21.5 Å². The summed E-state index contributed by atoms with van der Waals surface area (Å²) in [6.07, 6.45) is 22.3.